The molecule has 1 aliphatic rings. The number of non-ortho nitro benzene ring substituents is 1. The first-order chi connectivity index (χ1) is 9.93. The molecule has 0 radical (unpaired) electrons. The van der Waals surface area contributed by atoms with Crippen LogP contribution in [0.4, 0.5) is 5.69 Å². The Bertz CT molecular complexity index is 520. The van der Waals surface area contributed by atoms with Gasteiger partial charge in [0.25, 0.3) is 5.69 Å². The van der Waals surface area contributed by atoms with Gasteiger partial charge >= 0.3 is 0 Å². The summed E-state index contributed by atoms with van der Waals surface area (Å²) in [7, 11) is 0. The van der Waals surface area contributed by atoms with Gasteiger partial charge in [-0.05, 0) is 38.3 Å². The van der Waals surface area contributed by atoms with E-state index in [1.165, 1.54) is 12.1 Å². The second-order valence-electron chi connectivity index (χ2n) is 4.74. The molecule has 116 valence electrons. The predicted octanol–water partition coefficient (Wildman–Crippen LogP) is 4.67. The zero-order valence-corrected chi connectivity index (χ0v) is 15.2. The maximum atomic E-state index is 10.8. The van der Waals surface area contributed by atoms with E-state index < -0.39 is 4.92 Å². The summed E-state index contributed by atoms with van der Waals surface area (Å²) in [5, 5.41) is 10.7. The van der Waals surface area contributed by atoms with E-state index in [0.29, 0.717) is 27.7 Å². The molecule has 0 aromatic heterocycles. The van der Waals surface area contributed by atoms with Crippen LogP contribution < -0.4 is 4.74 Å². The summed E-state index contributed by atoms with van der Waals surface area (Å²) < 4.78 is 12.6. The Labute approximate surface area is 144 Å². The fourth-order valence-corrected chi connectivity index (χ4v) is 3.78. The molecule has 0 heterocycles. The van der Waals surface area contributed by atoms with Crippen molar-refractivity contribution in [1.29, 1.82) is 0 Å². The lowest BCUT2D eigenvalue weighted by molar-refractivity contribution is -0.385. The summed E-state index contributed by atoms with van der Waals surface area (Å²) in [5.41, 5.74) is -0.0105. The molecule has 0 spiro atoms. The molecular weight excluding hydrogens is 429 g/mol. The quantitative estimate of drug-likeness (QED) is 0.364. The van der Waals surface area contributed by atoms with E-state index in [-0.39, 0.29) is 23.3 Å². The standard InChI is InChI=1S/C13H14Br2ClNO4/c1-2-3-20-13-10(16)6-11(13)21-12-8(14)4-7(17(18)19)5-9(12)15/h4-5,10-11,13H,2-3,6H2,1H3. The van der Waals surface area contributed by atoms with Gasteiger partial charge in [0.05, 0.1) is 19.2 Å². The Kier molecular flexibility index (Phi) is 5.88. The highest BCUT2D eigenvalue weighted by molar-refractivity contribution is 9.11. The Hall–Kier alpha value is -0.370. The van der Waals surface area contributed by atoms with Gasteiger partial charge < -0.3 is 9.47 Å². The lowest BCUT2D eigenvalue weighted by Crippen LogP contribution is -2.52. The fourth-order valence-electron chi connectivity index (χ4n) is 2.02. The zero-order valence-electron chi connectivity index (χ0n) is 11.2. The summed E-state index contributed by atoms with van der Waals surface area (Å²) >= 11 is 12.7. The van der Waals surface area contributed by atoms with Gasteiger partial charge in [-0.15, -0.1) is 11.6 Å². The molecule has 1 saturated carbocycles. The predicted molar refractivity (Wildman–Crippen MR) is 87.2 cm³/mol. The van der Waals surface area contributed by atoms with E-state index in [1.807, 2.05) is 6.92 Å². The highest BCUT2D eigenvalue weighted by Gasteiger charge is 2.43. The summed E-state index contributed by atoms with van der Waals surface area (Å²) in [4.78, 5) is 10.4. The van der Waals surface area contributed by atoms with Crippen molar-refractivity contribution in [2.24, 2.45) is 0 Å². The van der Waals surface area contributed by atoms with E-state index in [1.54, 1.807) is 0 Å². The number of hydrogen-bond acceptors (Lipinski definition) is 4. The van der Waals surface area contributed by atoms with Crippen molar-refractivity contribution in [3.8, 4) is 5.75 Å². The molecule has 1 aromatic carbocycles. The molecule has 0 saturated heterocycles. The maximum absolute atomic E-state index is 10.8. The third-order valence-corrected chi connectivity index (χ3v) is 4.76. The third kappa shape index (κ3) is 3.88. The van der Waals surface area contributed by atoms with Gasteiger partial charge in [0.1, 0.15) is 18.0 Å². The van der Waals surface area contributed by atoms with Crippen LogP contribution in [0.3, 0.4) is 0 Å². The van der Waals surface area contributed by atoms with Crippen LogP contribution in [0.25, 0.3) is 0 Å². The SMILES string of the molecule is CCCOC1C(Cl)CC1Oc1c(Br)cc([N+](=O)[O-])cc1Br. The molecule has 1 fully saturated rings. The minimum Gasteiger partial charge on any atom is -0.485 e. The number of rotatable bonds is 6. The average molecular weight is 444 g/mol. The monoisotopic (exact) mass is 441 g/mol. The molecule has 0 amide bonds. The molecule has 5 nitrogen and oxygen atoms in total. The number of halogens is 3. The third-order valence-electron chi connectivity index (χ3n) is 3.16. The van der Waals surface area contributed by atoms with Crippen LogP contribution in [0.5, 0.6) is 5.75 Å². The Morgan fingerprint density at radius 2 is 2.05 bits per heavy atom. The molecule has 1 aliphatic carbocycles. The summed E-state index contributed by atoms with van der Waals surface area (Å²) in [6.45, 7) is 2.66. The van der Waals surface area contributed by atoms with Crippen LogP contribution in [-0.2, 0) is 4.74 Å². The minimum absolute atomic E-state index is 0.0105. The molecule has 0 N–H and O–H groups in total. The van der Waals surface area contributed by atoms with Crippen LogP contribution in [0.2, 0.25) is 0 Å². The normalized spacial score (nSPS) is 24.5. The van der Waals surface area contributed by atoms with Crippen molar-refractivity contribution in [1.82, 2.24) is 0 Å². The van der Waals surface area contributed by atoms with E-state index in [4.69, 9.17) is 21.1 Å². The number of ether oxygens (including phenoxy) is 2. The molecular formula is C13H14Br2ClNO4. The van der Waals surface area contributed by atoms with Crippen molar-refractivity contribution >= 4 is 49.1 Å². The summed E-state index contributed by atoms with van der Waals surface area (Å²) in [6, 6.07) is 2.83. The minimum atomic E-state index is -0.454. The lowest BCUT2D eigenvalue weighted by Gasteiger charge is -2.40. The number of nitro groups is 1. The Morgan fingerprint density at radius 3 is 2.52 bits per heavy atom. The van der Waals surface area contributed by atoms with Crippen molar-refractivity contribution < 1.29 is 14.4 Å². The smallest absolute Gasteiger partial charge is 0.271 e. The molecule has 8 heteroatoms. The van der Waals surface area contributed by atoms with Gasteiger partial charge in [-0.3, -0.25) is 10.1 Å². The highest BCUT2D eigenvalue weighted by atomic mass is 79.9. The molecule has 0 bridgehead atoms. The first-order valence-electron chi connectivity index (χ1n) is 6.49. The highest BCUT2D eigenvalue weighted by Crippen LogP contribution is 2.41. The van der Waals surface area contributed by atoms with Gasteiger partial charge in [0.15, 0.2) is 0 Å². The van der Waals surface area contributed by atoms with Crippen LogP contribution >= 0.6 is 43.5 Å². The molecule has 3 unspecified atom stereocenters. The molecule has 0 aliphatic heterocycles. The van der Waals surface area contributed by atoms with E-state index in [2.05, 4.69) is 31.9 Å². The van der Waals surface area contributed by atoms with E-state index in [0.717, 1.165) is 6.42 Å². The van der Waals surface area contributed by atoms with E-state index >= 15 is 0 Å². The van der Waals surface area contributed by atoms with Crippen LogP contribution in [0.15, 0.2) is 21.1 Å². The van der Waals surface area contributed by atoms with Crippen LogP contribution in [0, 0.1) is 10.1 Å². The largest absolute Gasteiger partial charge is 0.485 e. The van der Waals surface area contributed by atoms with Crippen molar-refractivity contribution in [2.75, 3.05) is 6.61 Å². The summed E-state index contributed by atoms with van der Waals surface area (Å²) in [6.07, 6.45) is 1.30. The van der Waals surface area contributed by atoms with Crippen LogP contribution in [0.1, 0.15) is 19.8 Å². The van der Waals surface area contributed by atoms with Crippen LogP contribution in [-0.4, -0.2) is 29.1 Å². The first kappa shape index (κ1) is 17.0. The van der Waals surface area contributed by atoms with Crippen molar-refractivity contribution in [3.05, 3.63) is 31.2 Å². The average Bonchev–Trinajstić information content (AvgIpc) is 2.41. The fraction of sp³-hybridized carbons (Fsp3) is 0.538. The number of nitrogens with zero attached hydrogens (tertiary/aromatic N) is 1. The van der Waals surface area contributed by atoms with Gasteiger partial charge in [-0.1, -0.05) is 6.92 Å². The molecule has 2 rings (SSSR count). The number of hydrogen-bond donors (Lipinski definition) is 0. The Balaban J connectivity index is 2.11. The number of nitro benzene ring substituents is 1. The number of alkyl halides is 1. The summed E-state index contributed by atoms with van der Waals surface area (Å²) in [5.74, 6) is 0.527. The van der Waals surface area contributed by atoms with Gasteiger partial charge in [0, 0.05) is 25.2 Å². The van der Waals surface area contributed by atoms with Crippen molar-refractivity contribution in [3.63, 3.8) is 0 Å². The first-order valence-corrected chi connectivity index (χ1v) is 8.52. The molecule has 21 heavy (non-hydrogen) atoms. The van der Waals surface area contributed by atoms with Crippen molar-refractivity contribution in [2.45, 2.75) is 37.4 Å². The second-order valence-corrected chi connectivity index (χ2v) is 7.01. The second kappa shape index (κ2) is 7.26. The van der Waals surface area contributed by atoms with Gasteiger partial charge in [0.2, 0.25) is 0 Å². The lowest BCUT2D eigenvalue weighted by atomic mass is 9.91. The van der Waals surface area contributed by atoms with Gasteiger partial charge in [-0.2, -0.15) is 0 Å². The molecule has 1 aromatic rings. The topological polar surface area (TPSA) is 61.6 Å². The van der Waals surface area contributed by atoms with Gasteiger partial charge in [-0.25, -0.2) is 0 Å². The molecule has 3 atom stereocenters. The maximum Gasteiger partial charge on any atom is 0.271 e. The zero-order chi connectivity index (χ0) is 15.6. The Morgan fingerprint density at radius 1 is 1.43 bits per heavy atom. The number of benzene rings is 1. The van der Waals surface area contributed by atoms with E-state index in [9.17, 15) is 10.1 Å².